The van der Waals surface area contributed by atoms with Gasteiger partial charge in [0, 0.05) is 30.7 Å². The van der Waals surface area contributed by atoms with Crippen LogP contribution in [0.2, 0.25) is 0 Å². The summed E-state index contributed by atoms with van der Waals surface area (Å²) >= 11 is 0. The zero-order chi connectivity index (χ0) is 17.1. The van der Waals surface area contributed by atoms with Crippen molar-refractivity contribution < 1.29 is 9.47 Å². The molecule has 0 unspecified atom stereocenters. The fraction of sp³-hybridized carbons (Fsp3) is 0.158. The third-order valence-electron chi connectivity index (χ3n) is 3.93. The topological polar surface area (TPSA) is 59.5 Å². The number of aromatic nitrogens is 2. The Kier molecular flexibility index (Phi) is 4.08. The zero-order valence-electron chi connectivity index (χ0n) is 13.8. The van der Waals surface area contributed by atoms with Crippen molar-refractivity contribution in [2.24, 2.45) is 0 Å². The molecule has 0 saturated carbocycles. The van der Waals surface area contributed by atoms with Gasteiger partial charge in [-0.3, -0.25) is 0 Å². The summed E-state index contributed by atoms with van der Waals surface area (Å²) < 4.78 is 11.1. The maximum Gasteiger partial charge on any atom is 0.229 e. The van der Waals surface area contributed by atoms with Gasteiger partial charge < -0.3 is 19.7 Å². The van der Waals surface area contributed by atoms with Gasteiger partial charge in [-0.1, -0.05) is 18.2 Å². The highest BCUT2D eigenvalue weighted by Gasteiger charge is 2.12. The first kappa shape index (κ1) is 15.3. The first-order valence-electron chi connectivity index (χ1n) is 8.08. The third kappa shape index (κ3) is 3.33. The van der Waals surface area contributed by atoms with E-state index in [0.29, 0.717) is 19.2 Å². The highest BCUT2D eigenvalue weighted by Crippen LogP contribution is 2.33. The lowest BCUT2D eigenvalue weighted by atomic mass is 10.2. The van der Waals surface area contributed by atoms with Crippen LogP contribution in [0.25, 0.3) is 0 Å². The van der Waals surface area contributed by atoms with Crippen molar-refractivity contribution in [3.63, 3.8) is 0 Å². The summed E-state index contributed by atoms with van der Waals surface area (Å²) in [7, 11) is 1.98. The van der Waals surface area contributed by atoms with Crippen molar-refractivity contribution in [3.05, 3.63) is 60.8 Å². The van der Waals surface area contributed by atoms with Crippen molar-refractivity contribution in [2.75, 3.05) is 30.5 Å². The zero-order valence-corrected chi connectivity index (χ0v) is 13.8. The van der Waals surface area contributed by atoms with Crippen molar-refractivity contribution in [2.45, 2.75) is 0 Å². The lowest BCUT2D eigenvalue weighted by molar-refractivity contribution is 0.171. The van der Waals surface area contributed by atoms with Gasteiger partial charge in [-0.05, 0) is 30.3 Å². The molecule has 1 aliphatic heterocycles. The van der Waals surface area contributed by atoms with E-state index < -0.39 is 0 Å². The Morgan fingerprint density at radius 1 is 0.960 bits per heavy atom. The predicted molar refractivity (Wildman–Crippen MR) is 97.3 cm³/mol. The highest BCUT2D eigenvalue weighted by atomic mass is 16.6. The smallest absolute Gasteiger partial charge is 0.229 e. The van der Waals surface area contributed by atoms with Crippen molar-refractivity contribution in [3.8, 4) is 11.5 Å². The van der Waals surface area contributed by atoms with Crippen LogP contribution in [-0.4, -0.2) is 30.2 Å². The molecule has 1 N–H and O–H groups in total. The maximum absolute atomic E-state index is 5.61. The van der Waals surface area contributed by atoms with Crippen LogP contribution in [0.1, 0.15) is 0 Å². The van der Waals surface area contributed by atoms with Gasteiger partial charge in [-0.25, -0.2) is 4.98 Å². The Labute approximate surface area is 146 Å². The van der Waals surface area contributed by atoms with E-state index in [4.69, 9.17) is 9.47 Å². The Balaban J connectivity index is 1.56. The lowest BCUT2D eigenvalue weighted by Gasteiger charge is -2.20. The van der Waals surface area contributed by atoms with Crippen LogP contribution < -0.4 is 19.7 Å². The standard InChI is InChI=1S/C19H18N4O2/c1-23(15-5-3-2-4-6-15)18-9-10-20-19(22-18)21-14-7-8-16-17(13-14)25-12-11-24-16/h2-10,13H,11-12H2,1H3,(H,20,21,22). The number of para-hydroxylation sites is 1. The summed E-state index contributed by atoms with van der Waals surface area (Å²) in [4.78, 5) is 10.9. The summed E-state index contributed by atoms with van der Waals surface area (Å²) in [6.45, 7) is 1.14. The minimum Gasteiger partial charge on any atom is -0.486 e. The first-order chi connectivity index (χ1) is 12.3. The van der Waals surface area contributed by atoms with Gasteiger partial charge in [0.15, 0.2) is 11.5 Å². The van der Waals surface area contributed by atoms with Crippen LogP contribution in [0.15, 0.2) is 60.8 Å². The van der Waals surface area contributed by atoms with Crippen molar-refractivity contribution in [1.82, 2.24) is 9.97 Å². The summed E-state index contributed by atoms with van der Waals surface area (Å²) in [5.41, 5.74) is 1.91. The molecular weight excluding hydrogens is 316 g/mol. The van der Waals surface area contributed by atoms with E-state index >= 15 is 0 Å². The molecule has 126 valence electrons. The van der Waals surface area contributed by atoms with E-state index in [9.17, 15) is 0 Å². The van der Waals surface area contributed by atoms with Crippen molar-refractivity contribution >= 4 is 23.1 Å². The molecule has 0 spiro atoms. The van der Waals surface area contributed by atoms with Crippen LogP contribution in [-0.2, 0) is 0 Å². The van der Waals surface area contributed by atoms with E-state index in [-0.39, 0.29) is 0 Å². The summed E-state index contributed by atoms with van der Waals surface area (Å²) in [5, 5.41) is 3.22. The third-order valence-corrected chi connectivity index (χ3v) is 3.93. The molecule has 4 rings (SSSR count). The molecule has 2 aromatic carbocycles. The average Bonchev–Trinajstić information content (AvgIpc) is 2.68. The number of benzene rings is 2. The molecule has 0 bridgehead atoms. The molecule has 0 fully saturated rings. The molecule has 1 aliphatic rings. The molecule has 0 amide bonds. The van der Waals surface area contributed by atoms with Crippen LogP contribution in [0.4, 0.5) is 23.1 Å². The van der Waals surface area contributed by atoms with Gasteiger partial charge in [0.05, 0.1) is 0 Å². The molecule has 0 radical (unpaired) electrons. The summed E-state index contributed by atoms with van der Waals surface area (Å²) in [5.74, 6) is 2.82. The quantitative estimate of drug-likeness (QED) is 0.784. The molecule has 3 aromatic rings. The van der Waals surface area contributed by atoms with Gasteiger partial charge in [0.1, 0.15) is 19.0 Å². The molecule has 0 saturated heterocycles. The fourth-order valence-corrected chi connectivity index (χ4v) is 2.63. The van der Waals surface area contributed by atoms with Crippen LogP contribution >= 0.6 is 0 Å². The molecular formula is C19H18N4O2. The molecule has 0 aliphatic carbocycles. The monoisotopic (exact) mass is 334 g/mol. The van der Waals surface area contributed by atoms with Gasteiger partial charge in [-0.15, -0.1) is 0 Å². The second-order valence-corrected chi connectivity index (χ2v) is 5.62. The van der Waals surface area contributed by atoms with Crippen LogP contribution in [0.3, 0.4) is 0 Å². The predicted octanol–water partition coefficient (Wildman–Crippen LogP) is 3.76. The molecule has 2 heterocycles. The Hall–Kier alpha value is -3.28. The van der Waals surface area contributed by atoms with E-state index in [0.717, 1.165) is 28.7 Å². The minimum absolute atomic E-state index is 0.525. The highest BCUT2D eigenvalue weighted by molar-refractivity contribution is 5.63. The number of nitrogens with zero attached hydrogens (tertiary/aromatic N) is 3. The molecule has 1 aromatic heterocycles. The van der Waals surface area contributed by atoms with Crippen LogP contribution in [0, 0.1) is 0 Å². The van der Waals surface area contributed by atoms with E-state index in [1.165, 1.54) is 0 Å². The minimum atomic E-state index is 0.525. The molecule has 0 atom stereocenters. The summed E-state index contributed by atoms with van der Waals surface area (Å²) in [6, 6.07) is 17.6. The van der Waals surface area contributed by atoms with Gasteiger partial charge >= 0.3 is 0 Å². The van der Waals surface area contributed by atoms with Crippen molar-refractivity contribution in [1.29, 1.82) is 0 Å². The second kappa shape index (κ2) is 6.68. The first-order valence-corrected chi connectivity index (χ1v) is 8.08. The second-order valence-electron chi connectivity index (χ2n) is 5.62. The number of anilines is 4. The normalized spacial score (nSPS) is 12.5. The Morgan fingerprint density at radius 3 is 2.60 bits per heavy atom. The van der Waals surface area contributed by atoms with Crippen LogP contribution in [0.5, 0.6) is 11.5 Å². The number of hydrogen-bond donors (Lipinski definition) is 1. The van der Waals surface area contributed by atoms with E-state index in [1.54, 1.807) is 6.20 Å². The largest absolute Gasteiger partial charge is 0.486 e. The number of hydrogen-bond acceptors (Lipinski definition) is 6. The molecule has 6 heteroatoms. The Morgan fingerprint density at radius 2 is 1.76 bits per heavy atom. The SMILES string of the molecule is CN(c1ccccc1)c1ccnc(Nc2ccc3c(c2)OCCO3)n1. The van der Waals surface area contributed by atoms with Gasteiger partial charge in [-0.2, -0.15) is 4.98 Å². The fourth-order valence-electron chi connectivity index (χ4n) is 2.63. The number of ether oxygens (including phenoxy) is 2. The van der Waals surface area contributed by atoms with Gasteiger partial charge in [0.25, 0.3) is 0 Å². The Bertz CT molecular complexity index is 870. The average molecular weight is 334 g/mol. The maximum atomic E-state index is 5.61. The number of fused-ring (bicyclic) bond motifs is 1. The molecule has 6 nitrogen and oxygen atoms in total. The molecule has 25 heavy (non-hydrogen) atoms. The number of rotatable bonds is 4. The summed E-state index contributed by atoms with van der Waals surface area (Å²) in [6.07, 6.45) is 1.74. The number of nitrogens with one attached hydrogen (secondary N) is 1. The lowest BCUT2D eigenvalue weighted by Crippen LogP contribution is -2.15. The van der Waals surface area contributed by atoms with Gasteiger partial charge in [0.2, 0.25) is 5.95 Å². The van der Waals surface area contributed by atoms with E-state index in [1.807, 2.05) is 66.5 Å². The van der Waals surface area contributed by atoms with E-state index in [2.05, 4.69) is 15.3 Å².